The summed E-state index contributed by atoms with van der Waals surface area (Å²) in [5.41, 5.74) is 0. The molecular formula is C17H28N2O. The Kier molecular flexibility index (Phi) is 3.29. The Labute approximate surface area is 122 Å². The number of nitrogens with one attached hydrogen (secondary N) is 1. The molecule has 1 amide bonds. The number of hydrogen-bond acceptors (Lipinski definition) is 2. The van der Waals surface area contributed by atoms with Crippen LogP contribution in [-0.4, -0.2) is 37.0 Å². The van der Waals surface area contributed by atoms with Gasteiger partial charge >= 0.3 is 0 Å². The van der Waals surface area contributed by atoms with Crippen LogP contribution in [0.3, 0.4) is 0 Å². The first-order valence-electron chi connectivity index (χ1n) is 8.67. The Morgan fingerprint density at radius 3 is 2.20 bits per heavy atom. The molecule has 0 aliphatic heterocycles. The monoisotopic (exact) mass is 276 g/mol. The largest absolute Gasteiger partial charge is 0.341 e. The highest BCUT2D eigenvalue weighted by Crippen LogP contribution is 2.54. The summed E-state index contributed by atoms with van der Waals surface area (Å²) in [4.78, 5) is 14.5. The Morgan fingerprint density at radius 1 is 1.05 bits per heavy atom. The molecule has 5 aliphatic carbocycles. The molecule has 5 rings (SSSR count). The number of carbonyl (C=O) groups is 1. The fraction of sp³-hybridized carbons (Fsp3) is 0.941. The van der Waals surface area contributed by atoms with E-state index in [1.165, 1.54) is 44.9 Å². The number of carbonyl (C=O) groups excluding carboxylic acids is 1. The molecule has 0 spiro atoms. The van der Waals surface area contributed by atoms with Crippen LogP contribution < -0.4 is 5.32 Å². The molecule has 0 aromatic carbocycles. The summed E-state index contributed by atoms with van der Waals surface area (Å²) in [6.07, 6.45) is 9.77. The third-order valence-electron chi connectivity index (χ3n) is 6.42. The molecule has 0 radical (unpaired) electrons. The highest BCUT2D eigenvalue weighted by Gasteiger charge is 2.50. The summed E-state index contributed by atoms with van der Waals surface area (Å²) in [5.74, 6) is 4.78. The first-order chi connectivity index (χ1) is 9.70. The minimum absolute atomic E-state index is 0.322. The first kappa shape index (κ1) is 13.1. The summed E-state index contributed by atoms with van der Waals surface area (Å²) in [5, 5.41) is 3.36. The van der Waals surface area contributed by atoms with Gasteiger partial charge in [0.25, 0.3) is 0 Å². The van der Waals surface area contributed by atoms with Gasteiger partial charge in [0.1, 0.15) is 0 Å². The highest BCUT2D eigenvalue weighted by atomic mass is 16.2. The fourth-order valence-corrected chi connectivity index (χ4v) is 5.53. The van der Waals surface area contributed by atoms with Crippen LogP contribution >= 0.6 is 0 Å². The molecule has 3 heteroatoms. The van der Waals surface area contributed by atoms with E-state index in [4.69, 9.17) is 0 Å². The van der Waals surface area contributed by atoms with Crippen molar-refractivity contribution in [3.63, 3.8) is 0 Å². The molecule has 0 aromatic heterocycles. The zero-order chi connectivity index (χ0) is 13.7. The minimum Gasteiger partial charge on any atom is -0.341 e. The molecule has 1 N–H and O–H groups in total. The second kappa shape index (κ2) is 5.01. The summed E-state index contributed by atoms with van der Waals surface area (Å²) >= 11 is 0. The van der Waals surface area contributed by atoms with Crippen LogP contribution in [0.15, 0.2) is 0 Å². The van der Waals surface area contributed by atoms with Gasteiger partial charge in [-0.05, 0) is 81.1 Å². The van der Waals surface area contributed by atoms with Crippen LogP contribution in [0.1, 0.15) is 44.9 Å². The van der Waals surface area contributed by atoms with Gasteiger partial charge in [-0.3, -0.25) is 4.79 Å². The van der Waals surface area contributed by atoms with Crippen LogP contribution in [0.2, 0.25) is 0 Å². The van der Waals surface area contributed by atoms with Gasteiger partial charge in [-0.2, -0.15) is 0 Å². The van der Waals surface area contributed by atoms with Crippen molar-refractivity contribution < 1.29 is 4.79 Å². The molecule has 3 nitrogen and oxygen atoms in total. The number of hydrogen-bond donors (Lipinski definition) is 1. The van der Waals surface area contributed by atoms with Gasteiger partial charge in [-0.25, -0.2) is 0 Å². The van der Waals surface area contributed by atoms with Gasteiger partial charge in [0.2, 0.25) is 5.91 Å². The maximum atomic E-state index is 12.4. The van der Waals surface area contributed by atoms with Crippen molar-refractivity contribution in [2.24, 2.45) is 29.6 Å². The lowest BCUT2D eigenvalue weighted by Gasteiger charge is -2.56. The van der Waals surface area contributed by atoms with E-state index in [0.717, 1.165) is 36.1 Å². The van der Waals surface area contributed by atoms with Crippen LogP contribution in [0.25, 0.3) is 0 Å². The van der Waals surface area contributed by atoms with Gasteiger partial charge in [-0.1, -0.05) is 0 Å². The minimum atomic E-state index is 0.322. The number of likely N-dealkylation sites (N-methyl/N-ethyl adjacent to an activating group) is 1. The fourth-order valence-electron chi connectivity index (χ4n) is 5.53. The third-order valence-corrected chi connectivity index (χ3v) is 6.42. The van der Waals surface area contributed by atoms with E-state index >= 15 is 0 Å². The second-order valence-corrected chi connectivity index (χ2v) is 8.00. The number of rotatable bonds is 5. The molecule has 0 heterocycles. The Bertz CT molecular complexity index is 362. The standard InChI is InChI=1S/C17H28N2O/c1-19(16(20)10-18-9-11-2-3-11)17-14-5-12-4-13(7-14)8-15(17)6-12/h11-15,17-18H,2-10H2,1H3. The van der Waals surface area contributed by atoms with E-state index in [2.05, 4.69) is 17.3 Å². The summed E-state index contributed by atoms with van der Waals surface area (Å²) in [7, 11) is 2.06. The van der Waals surface area contributed by atoms with E-state index in [0.29, 0.717) is 18.5 Å². The van der Waals surface area contributed by atoms with E-state index < -0.39 is 0 Å². The molecule has 5 aliphatic rings. The lowest BCUT2D eigenvalue weighted by atomic mass is 9.54. The smallest absolute Gasteiger partial charge is 0.236 e. The van der Waals surface area contributed by atoms with Crippen LogP contribution in [0.5, 0.6) is 0 Å². The summed E-state index contributed by atoms with van der Waals surface area (Å²) in [6.45, 7) is 1.59. The van der Waals surface area contributed by atoms with E-state index in [1.807, 2.05) is 0 Å². The zero-order valence-electron chi connectivity index (χ0n) is 12.7. The second-order valence-electron chi connectivity index (χ2n) is 8.00. The number of nitrogens with zero attached hydrogens (tertiary/aromatic N) is 1. The van der Waals surface area contributed by atoms with Gasteiger partial charge < -0.3 is 10.2 Å². The Morgan fingerprint density at radius 2 is 1.65 bits per heavy atom. The predicted molar refractivity (Wildman–Crippen MR) is 79.2 cm³/mol. The van der Waals surface area contributed by atoms with Crippen molar-refractivity contribution >= 4 is 5.91 Å². The Balaban J connectivity index is 1.35. The van der Waals surface area contributed by atoms with E-state index in [1.54, 1.807) is 0 Å². The maximum Gasteiger partial charge on any atom is 0.236 e. The molecular weight excluding hydrogens is 248 g/mol. The van der Waals surface area contributed by atoms with Crippen LogP contribution in [-0.2, 0) is 4.79 Å². The third kappa shape index (κ3) is 2.38. The average molecular weight is 276 g/mol. The van der Waals surface area contributed by atoms with Crippen molar-refractivity contribution in [1.82, 2.24) is 10.2 Å². The van der Waals surface area contributed by atoms with E-state index in [9.17, 15) is 4.79 Å². The molecule has 112 valence electrons. The number of amides is 1. The molecule has 5 fully saturated rings. The van der Waals surface area contributed by atoms with Gasteiger partial charge in [-0.15, -0.1) is 0 Å². The molecule has 0 atom stereocenters. The van der Waals surface area contributed by atoms with Crippen molar-refractivity contribution in [3.05, 3.63) is 0 Å². The highest BCUT2D eigenvalue weighted by molar-refractivity contribution is 5.78. The summed E-state index contributed by atoms with van der Waals surface area (Å²) in [6, 6.07) is 0.554. The van der Waals surface area contributed by atoms with E-state index in [-0.39, 0.29) is 0 Å². The predicted octanol–water partition coefficient (Wildman–Crippen LogP) is 2.27. The molecule has 20 heavy (non-hydrogen) atoms. The van der Waals surface area contributed by atoms with Gasteiger partial charge in [0.15, 0.2) is 0 Å². The molecule has 4 bridgehead atoms. The van der Waals surface area contributed by atoms with Gasteiger partial charge in [0.05, 0.1) is 6.54 Å². The normalized spacial score (nSPS) is 42.0. The summed E-state index contributed by atoms with van der Waals surface area (Å²) < 4.78 is 0. The van der Waals surface area contributed by atoms with Crippen molar-refractivity contribution in [1.29, 1.82) is 0 Å². The lowest BCUT2D eigenvalue weighted by Crippen LogP contribution is -2.57. The zero-order valence-corrected chi connectivity index (χ0v) is 12.7. The molecule has 0 unspecified atom stereocenters. The quantitative estimate of drug-likeness (QED) is 0.835. The van der Waals surface area contributed by atoms with Gasteiger partial charge in [0, 0.05) is 13.1 Å². The SMILES string of the molecule is CN(C(=O)CNCC1CC1)C1C2CC3CC(C2)CC1C3. The maximum absolute atomic E-state index is 12.4. The van der Waals surface area contributed by atoms with Crippen molar-refractivity contribution in [2.75, 3.05) is 20.1 Å². The van der Waals surface area contributed by atoms with Crippen molar-refractivity contribution in [2.45, 2.75) is 51.0 Å². The molecule has 0 aromatic rings. The van der Waals surface area contributed by atoms with Crippen LogP contribution in [0.4, 0.5) is 0 Å². The lowest BCUT2D eigenvalue weighted by molar-refractivity contribution is -0.140. The van der Waals surface area contributed by atoms with Crippen molar-refractivity contribution in [3.8, 4) is 0 Å². The molecule has 0 saturated heterocycles. The topological polar surface area (TPSA) is 32.3 Å². The Hall–Kier alpha value is -0.570. The first-order valence-corrected chi connectivity index (χ1v) is 8.67. The average Bonchev–Trinajstić information content (AvgIpc) is 3.21. The molecule has 5 saturated carbocycles. The van der Waals surface area contributed by atoms with Crippen LogP contribution in [0, 0.1) is 29.6 Å².